The van der Waals surface area contributed by atoms with E-state index in [1.54, 1.807) is 38.5 Å². The normalized spacial score (nSPS) is 13.5. The van der Waals surface area contributed by atoms with Crippen LogP contribution in [0.4, 0.5) is 0 Å². The van der Waals surface area contributed by atoms with Gasteiger partial charge >= 0.3 is 0 Å². The van der Waals surface area contributed by atoms with Crippen molar-refractivity contribution < 1.29 is 19.1 Å². The number of hydrogen-bond donors (Lipinski definition) is 0. The van der Waals surface area contributed by atoms with E-state index < -0.39 is 0 Å². The van der Waals surface area contributed by atoms with Gasteiger partial charge in [-0.3, -0.25) is 9.59 Å². The molecule has 0 unspecified atom stereocenters. The molecule has 2 aromatic rings. The summed E-state index contributed by atoms with van der Waals surface area (Å²) in [5.41, 5.74) is 0.826. The fourth-order valence-electron chi connectivity index (χ4n) is 2.46. The van der Waals surface area contributed by atoms with E-state index in [0.29, 0.717) is 28.0 Å². The minimum atomic E-state index is -0.180. The average Bonchev–Trinajstić information content (AvgIpc) is 2.48. The van der Waals surface area contributed by atoms with Gasteiger partial charge in [0.25, 0.3) is 0 Å². The van der Waals surface area contributed by atoms with Crippen molar-refractivity contribution in [3.63, 3.8) is 0 Å². The number of fused-ring (bicyclic) bond motifs is 3. The predicted molar refractivity (Wildman–Crippen MR) is 74.9 cm³/mol. The Bertz CT molecular complexity index is 772. The predicted octanol–water partition coefficient (Wildman–Crippen LogP) is 2.79. The van der Waals surface area contributed by atoms with Crippen LogP contribution in [0.15, 0.2) is 36.4 Å². The molecule has 2 aromatic carbocycles. The Kier molecular flexibility index (Phi) is 2.79. The molecule has 0 spiro atoms. The van der Waals surface area contributed by atoms with E-state index in [4.69, 9.17) is 9.47 Å². The minimum absolute atomic E-state index is 0.164. The molecule has 3 rings (SSSR count). The molecule has 0 fully saturated rings. The Hall–Kier alpha value is -2.62. The number of allylic oxidation sites excluding steroid dienone is 2. The second-order valence-corrected chi connectivity index (χ2v) is 4.47. The summed E-state index contributed by atoms with van der Waals surface area (Å²) in [5, 5.41) is 1.45. The highest BCUT2D eigenvalue weighted by molar-refractivity contribution is 6.27. The number of carbonyl (C=O) groups is 2. The number of rotatable bonds is 2. The molecule has 1 aliphatic carbocycles. The lowest BCUT2D eigenvalue weighted by atomic mass is 9.89. The number of methoxy groups -OCH3 is 2. The van der Waals surface area contributed by atoms with Gasteiger partial charge in [-0.05, 0) is 30.4 Å². The lowest BCUT2D eigenvalue weighted by Gasteiger charge is -2.15. The van der Waals surface area contributed by atoms with Crippen LogP contribution in [0, 0.1) is 0 Å². The topological polar surface area (TPSA) is 52.6 Å². The van der Waals surface area contributed by atoms with Gasteiger partial charge in [0.2, 0.25) is 0 Å². The van der Waals surface area contributed by atoms with Crippen molar-refractivity contribution in [1.29, 1.82) is 0 Å². The molecule has 100 valence electrons. The van der Waals surface area contributed by atoms with Gasteiger partial charge in [0, 0.05) is 28.0 Å². The van der Waals surface area contributed by atoms with Gasteiger partial charge in [-0.2, -0.15) is 0 Å². The van der Waals surface area contributed by atoms with Crippen molar-refractivity contribution in [3.05, 3.63) is 47.5 Å². The molecule has 0 heterocycles. The first-order valence-electron chi connectivity index (χ1n) is 6.11. The van der Waals surface area contributed by atoms with E-state index in [1.165, 1.54) is 12.2 Å². The highest BCUT2D eigenvalue weighted by atomic mass is 16.5. The zero-order chi connectivity index (χ0) is 14.3. The average molecular weight is 268 g/mol. The summed E-state index contributed by atoms with van der Waals surface area (Å²) >= 11 is 0. The Labute approximate surface area is 115 Å². The molecule has 0 amide bonds. The van der Waals surface area contributed by atoms with Crippen molar-refractivity contribution in [2.45, 2.75) is 0 Å². The summed E-state index contributed by atoms with van der Waals surface area (Å²) in [6.07, 6.45) is 2.60. The summed E-state index contributed by atoms with van der Waals surface area (Å²) < 4.78 is 10.6. The third-order valence-corrected chi connectivity index (χ3v) is 3.42. The maximum atomic E-state index is 12.1. The number of ether oxygens (including phenoxy) is 2. The summed E-state index contributed by atoms with van der Waals surface area (Å²) in [4.78, 5) is 24.0. The van der Waals surface area contributed by atoms with E-state index in [2.05, 4.69) is 0 Å². The molecule has 0 radical (unpaired) electrons. The van der Waals surface area contributed by atoms with Gasteiger partial charge < -0.3 is 9.47 Å². The van der Waals surface area contributed by atoms with Gasteiger partial charge in [-0.25, -0.2) is 0 Å². The fraction of sp³-hybridized carbons (Fsp3) is 0.125. The minimum Gasteiger partial charge on any atom is -0.497 e. The largest absolute Gasteiger partial charge is 0.497 e. The molecule has 0 bridgehead atoms. The van der Waals surface area contributed by atoms with E-state index in [9.17, 15) is 9.59 Å². The van der Waals surface area contributed by atoms with Crippen LogP contribution in [-0.4, -0.2) is 25.8 Å². The van der Waals surface area contributed by atoms with E-state index in [-0.39, 0.29) is 11.6 Å². The van der Waals surface area contributed by atoms with Crippen LogP contribution in [0.1, 0.15) is 20.7 Å². The SMILES string of the molecule is COc1cc(OC)c2ccc3c(c2c1)C(=O)C=CC3=O. The first kappa shape index (κ1) is 12.4. The van der Waals surface area contributed by atoms with Crippen LogP contribution >= 0.6 is 0 Å². The fourth-order valence-corrected chi connectivity index (χ4v) is 2.46. The van der Waals surface area contributed by atoms with Crippen LogP contribution in [-0.2, 0) is 0 Å². The first-order valence-corrected chi connectivity index (χ1v) is 6.11. The van der Waals surface area contributed by atoms with Crippen molar-refractivity contribution >= 4 is 22.3 Å². The van der Waals surface area contributed by atoms with Crippen LogP contribution < -0.4 is 9.47 Å². The number of ketones is 2. The highest BCUT2D eigenvalue weighted by Gasteiger charge is 2.23. The third-order valence-electron chi connectivity index (χ3n) is 3.42. The van der Waals surface area contributed by atoms with Gasteiger partial charge in [0.1, 0.15) is 11.5 Å². The molecular formula is C16H12O4. The smallest absolute Gasteiger partial charge is 0.187 e. The van der Waals surface area contributed by atoms with Crippen LogP contribution in [0.25, 0.3) is 10.8 Å². The van der Waals surface area contributed by atoms with Crippen LogP contribution in [0.3, 0.4) is 0 Å². The lowest BCUT2D eigenvalue weighted by molar-refractivity contribution is 0.0995. The summed E-state index contributed by atoms with van der Waals surface area (Å²) in [6.45, 7) is 0. The summed E-state index contributed by atoms with van der Waals surface area (Å²) in [7, 11) is 3.10. The molecule has 0 aliphatic heterocycles. The first-order chi connectivity index (χ1) is 9.65. The quantitative estimate of drug-likeness (QED) is 0.840. The van der Waals surface area contributed by atoms with Gasteiger partial charge in [-0.1, -0.05) is 0 Å². The number of carbonyl (C=O) groups excluding carboxylic acids is 2. The number of benzene rings is 2. The van der Waals surface area contributed by atoms with Crippen LogP contribution in [0.5, 0.6) is 11.5 Å². The Balaban J connectivity index is 2.44. The number of hydrogen-bond acceptors (Lipinski definition) is 4. The van der Waals surface area contributed by atoms with E-state index in [0.717, 1.165) is 5.39 Å². The van der Waals surface area contributed by atoms with Crippen molar-refractivity contribution in [2.24, 2.45) is 0 Å². The van der Waals surface area contributed by atoms with Crippen molar-refractivity contribution in [1.82, 2.24) is 0 Å². The highest BCUT2D eigenvalue weighted by Crippen LogP contribution is 2.35. The lowest BCUT2D eigenvalue weighted by Crippen LogP contribution is -2.12. The molecule has 4 nitrogen and oxygen atoms in total. The zero-order valence-corrected chi connectivity index (χ0v) is 11.1. The molecular weight excluding hydrogens is 256 g/mol. The molecule has 0 saturated carbocycles. The standard InChI is InChI=1S/C16H12O4/c1-19-9-7-12-10(15(8-9)20-2)3-4-11-13(17)5-6-14(18)16(11)12/h3-8H,1-2H3. The Morgan fingerprint density at radius 2 is 1.60 bits per heavy atom. The molecule has 0 aromatic heterocycles. The maximum Gasteiger partial charge on any atom is 0.187 e. The molecule has 1 aliphatic rings. The summed E-state index contributed by atoms with van der Waals surface area (Å²) in [5.74, 6) is 0.846. The van der Waals surface area contributed by atoms with Gasteiger partial charge in [-0.15, -0.1) is 0 Å². The molecule has 4 heteroatoms. The van der Waals surface area contributed by atoms with Crippen molar-refractivity contribution in [2.75, 3.05) is 14.2 Å². The van der Waals surface area contributed by atoms with Crippen LogP contribution in [0.2, 0.25) is 0 Å². The van der Waals surface area contributed by atoms with Gasteiger partial charge in [0.15, 0.2) is 11.6 Å². The Morgan fingerprint density at radius 1 is 0.850 bits per heavy atom. The zero-order valence-electron chi connectivity index (χ0n) is 11.1. The Morgan fingerprint density at radius 3 is 2.30 bits per heavy atom. The van der Waals surface area contributed by atoms with Gasteiger partial charge in [0.05, 0.1) is 14.2 Å². The maximum absolute atomic E-state index is 12.1. The summed E-state index contributed by atoms with van der Waals surface area (Å²) in [6, 6.07) is 6.95. The molecule has 20 heavy (non-hydrogen) atoms. The second kappa shape index (κ2) is 4.49. The monoisotopic (exact) mass is 268 g/mol. The molecule has 0 atom stereocenters. The molecule has 0 saturated heterocycles. The van der Waals surface area contributed by atoms with E-state index in [1.807, 2.05) is 0 Å². The third kappa shape index (κ3) is 1.69. The second-order valence-electron chi connectivity index (χ2n) is 4.47. The van der Waals surface area contributed by atoms with Crippen molar-refractivity contribution in [3.8, 4) is 11.5 Å². The van der Waals surface area contributed by atoms with E-state index >= 15 is 0 Å². The molecule has 0 N–H and O–H groups in total.